The number of benzene rings is 1. The minimum absolute atomic E-state index is 0.268. The van der Waals surface area contributed by atoms with Crippen LogP contribution in [0.1, 0.15) is 11.4 Å². The predicted molar refractivity (Wildman–Crippen MR) is 92.2 cm³/mol. The Kier molecular flexibility index (Phi) is 5.40. The van der Waals surface area contributed by atoms with Gasteiger partial charge >= 0.3 is 0 Å². The maximum absolute atomic E-state index is 9.99. The Labute approximate surface area is 141 Å². The fourth-order valence-electron chi connectivity index (χ4n) is 2.49. The summed E-state index contributed by atoms with van der Waals surface area (Å²) in [5.41, 5.74) is 1.99. The third kappa shape index (κ3) is 4.31. The van der Waals surface area contributed by atoms with Crippen LogP contribution in [0.2, 0.25) is 0 Å². The molecule has 24 heavy (non-hydrogen) atoms. The number of hydrogen-bond acceptors (Lipinski definition) is 5. The first kappa shape index (κ1) is 16.4. The molecule has 0 radical (unpaired) electrons. The number of nitrogens with one attached hydrogen (secondary N) is 1. The minimum Gasteiger partial charge on any atom is -0.491 e. The largest absolute Gasteiger partial charge is 0.491 e. The molecule has 3 rings (SSSR count). The topological polar surface area (TPSA) is 71.7 Å². The van der Waals surface area contributed by atoms with Gasteiger partial charge < -0.3 is 15.2 Å². The van der Waals surface area contributed by atoms with Crippen LogP contribution in [0, 0.1) is 6.92 Å². The first-order chi connectivity index (χ1) is 11.7. The maximum Gasteiger partial charge on any atom is 0.160 e. The normalized spacial score (nSPS) is 12.4. The van der Waals surface area contributed by atoms with Gasteiger partial charge in [0.1, 0.15) is 24.3 Å². The molecule has 0 bridgehead atoms. The van der Waals surface area contributed by atoms with E-state index in [9.17, 15) is 5.11 Å². The molecule has 0 spiro atoms. The van der Waals surface area contributed by atoms with Crippen LogP contribution in [0.4, 0.5) is 0 Å². The number of ether oxygens (including phenoxy) is 1. The molecule has 3 aromatic rings. The van der Waals surface area contributed by atoms with E-state index in [0.717, 1.165) is 35.8 Å². The SMILES string of the molecule is Cc1cccc(OC[C@H](O)CNCCc2nnc3ccccn23)c1. The summed E-state index contributed by atoms with van der Waals surface area (Å²) in [7, 11) is 0. The summed E-state index contributed by atoms with van der Waals surface area (Å²) in [4.78, 5) is 0. The third-order valence-corrected chi connectivity index (χ3v) is 3.72. The molecule has 2 aromatic heterocycles. The van der Waals surface area contributed by atoms with Crippen LogP contribution in [0.5, 0.6) is 5.75 Å². The van der Waals surface area contributed by atoms with Gasteiger partial charge in [-0.15, -0.1) is 10.2 Å². The van der Waals surface area contributed by atoms with Crippen LogP contribution in [0.15, 0.2) is 48.7 Å². The summed E-state index contributed by atoms with van der Waals surface area (Å²) in [5, 5.41) is 21.5. The molecule has 1 aromatic carbocycles. The van der Waals surface area contributed by atoms with Gasteiger partial charge in [0.05, 0.1) is 0 Å². The van der Waals surface area contributed by atoms with Gasteiger partial charge in [0.25, 0.3) is 0 Å². The van der Waals surface area contributed by atoms with E-state index in [4.69, 9.17) is 4.74 Å². The quantitative estimate of drug-likeness (QED) is 0.615. The third-order valence-electron chi connectivity index (χ3n) is 3.72. The van der Waals surface area contributed by atoms with Crippen molar-refractivity contribution in [2.24, 2.45) is 0 Å². The fraction of sp³-hybridized carbons (Fsp3) is 0.333. The Morgan fingerprint density at radius 2 is 2.12 bits per heavy atom. The van der Waals surface area contributed by atoms with E-state index in [-0.39, 0.29) is 6.61 Å². The van der Waals surface area contributed by atoms with Crippen molar-refractivity contribution in [1.29, 1.82) is 0 Å². The molecule has 0 saturated heterocycles. The second-order valence-corrected chi connectivity index (χ2v) is 5.78. The van der Waals surface area contributed by atoms with Gasteiger partial charge in [0.2, 0.25) is 0 Å². The van der Waals surface area contributed by atoms with Gasteiger partial charge in [-0.3, -0.25) is 4.40 Å². The lowest BCUT2D eigenvalue weighted by Gasteiger charge is -2.13. The zero-order valence-electron chi connectivity index (χ0n) is 13.7. The Bertz CT molecular complexity index is 787. The highest BCUT2D eigenvalue weighted by atomic mass is 16.5. The van der Waals surface area contributed by atoms with Gasteiger partial charge in [-0.05, 0) is 36.8 Å². The number of aliphatic hydroxyl groups is 1. The van der Waals surface area contributed by atoms with Crippen molar-refractivity contribution in [1.82, 2.24) is 19.9 Å². The van der Waals surface area contributed by atoms with Gasteiger partial charge in [0.15, 0.2) is 5.65 Å². The van der Waals surface area contributed by atoms with Crippen LogP contribution < -0.4 is 10.1 Å². The number of rotatable bonds is 8. The van der Waals surface area contributed by atoms with Gasteiger partial charge in [-0.25, -0.2) is 0 Å². The lowest BCUT2D eigenvalue weighted by atomic mass is 10.2. The van der Waals surface area contributed by atoms with E-state index in [0.29, 0.717) is 6.54 Å². The van der Waals surface area contributed by atoms with Crippen molar-refractivity contribution < 1.29 is 9.84 Å². The lowest BCUT2D eigenvalue weighted by Crippen LogP contribution is -2.32. The summed E-state index contributed by atoms with van der Waals surface area (Å²) < 4.78 is 7.56. The van der Waals surface area contributed by atoms with Crippen molar-refractivity contribution in [3.8, 4) is 5.75 Å². The van der Waals surface area contributed by atoms with Crippen molar-refractivity contribution in [2.45, 2.75) is 19.4 Å². The second kappa shape index (κ2) is 7.90. The summed E-state index contributed by atoms with van der Waals surface area (Å²) in [6, 6.07) is 13.6. The van der Waals surface area contributed by atoms with E-state index in [1.165, 1.54) is 0 Å². The van der Waals surface area contributed by atoms with E-state index >= 15 is 0 Å². The van der Waals surface area contributed by atoms with Gasteiger partial charge in [-0.2, -0.15) is 0 Å². The van der Waals surface area contributed by atoms with Crippen LogP contribution in [-0.2, 0) is 6.42 Å². The molecule has 0 aliphatic heterocycles. The van der Waals surface area contributed by atoms with Crippen molar-refractivity contribution in [3.63, 3.8) is 0 Å². The smallest absolute Gasteiger partial charge is 0.160 e. The summed E-state index contributed by atoms with van der Waals surface area (Å²) >= 11 is 0. The molecular weight excluding hydrogens is 304 g/mol. The van der Waals surface area contributed by atoms with Crippen LogP contribution in [-0.4, -0.2) is 45.5 Å². The van der Waals surface area contributed by atoms with Crippen molar-refractivity contribution >= 4 is 5.65 Å². The number of aliphatic hydroxyl groups excluding tert-OH is 1. The Hall–Kier alpha value is -2.44. The minimum atomic E-state index is -0.555. The number of hydrogen-bond donors (Lipinski definition) is 2. The Morgan fingerprint density at radius 3 is 3.00 bits per heavy atom. The van der Waals surface area contributed by atoms with E-state index in [2.05, 4.69) is 15.5 Å². The first-order valence-corrected chi connectivity index (χ1v) is 8.09. The van der Waals surface area contributed by atoms with Crippen LogP contribution in [0.3, 0.4) is 0 Å². The predicted octanol–water partition coefficient (Wildman–Crippen LogP) is 1.61. The van der Waals surface area contributed by atoms with Crippen molar-refractivity contribution in [2.75, 3.05) is 19.7 Å². The number of aromatic nitrogens is 3. The molecule has 1 atom stereocenters. The highest BCUT2D eigenvalue weighted by Crippen LogP contribution is 2.12. The monoisotopic (exact) mass is 326 g/mol. The average molecular weight is 326 g/mol. The van der Waals surface area contributed by atoms with Crippen LogP contribution >= 0.6 is 0 Å². The zero-order chi connectivity index (χ0) is 16.8. The molecule has 0 fully saturated rings. The highest BCUT2D eigenvalue weighted by Gasteiger charge is 2.07. The number of fused-ring (bicyclic) bond motifs is 1. The average Bonchev–Trinajstić information content (AvgIpc) is 3.00. The maximum atomic E-state index is 9.99. The highest BCUT2D eigenvalue weighted by molar-refractivity contribution is 5.37. The lowest BCUT2D eigenvalue weighted by molar-refractivity contribution is 0.106. The number of aryl methyl sites for hydroxylation is 1. The molecule has 6 nitrogen and oxygen atoms in total. The number of nitrogens with zero attached hydrogens (tertiary/aromatic N) is 3. The summed E-state index contributed by atoms with van der Waals surface area (Å²) in [6.07, 6.45) is 2.15. The molecule has 0 amide bonds. The molecule has 6 heteroatoms. The van der Waals surface area contributed by atoms with Gasteiger partial charge in [-0.1, -0.05) is 18.2 Å². The molecule has 0 saturated carbocycles. The van der Waals surface area contributed by atoms with E-state index in [1.54, 1.807) is 0 Å². The fourth-order valence-corrected chi connectivity index (χ4v) is 2.49. The first-order valence-electron chi connectivity index (χ1n) is 8.09. The zero-order valence-corrected chi connectivity index (χ0v) is 13.7. The van der Waals surface area contributed by atoms with Gasteiger partial charge in [0, 0.05) is 25.7 Å². The molecule has 0 unspecified atom stereocenters. The molecule has 126 valence electrons. The van der Waals surface area contributed by atoms with Crippen molar-refractivity contribution in [3.05, 3.63) is 60.0 Å². The Balaban J connectivity index is 1.38. The standard InChI is InChI=1S/C18H22N4O2/c1-14-5-4-6-16(11-14)24-13-15(23)12-19-9-8-18-21-20-17-7-2-3-10-22(17)18/h2-7,10-11,15,19,23H,8-9,12-13H2,1H3/t15-/m1/s1. The second-order valence-electron chi connectivity index (χ2n) is 5.78. The summed E-state index contributed by atoms with van der Waals surface area (Å²) in [6.45, 7) is 3.48. The van der Waals surface area contributed by atoms with E-state index < -0.39 is 6.10 Å². The molecule has 2 N–H and O–H groups in total. The Morgan fingerprint density at radius 1 is 1.21 bits per heavy atom. The molecule has 0 aliphatic rings. The van der Waals surface area contributed by atoms with Crippen LogP contribution in [0.25, 0.3) is 5.65 Å². The molecular formula is C18H22N4O2. The number of pyridine rings is 1. The van der Waals surface area contributed by atoms with E-state index in [1.807, 2.05) is 60.0 Å². The molecule has 2 heterocycles. The summed E-state index contributed by atoms with van der Waals surface area (Å²) in [5.74, 6) is 1.69. The molecule has 0 aliphatic carbocycles.